The largest absolute Gasteiger partial charge is 0.298 e. The van der Waals surface area contributed by atoms with Gasteiger partial charge in [0.25, 0.3) is 0 Å². The molecule has 1 heterocycles. The predicted molar refractivity (Wildman–Crippen MR) is 109 cm³/mol. The van der Waals surface area contributed by atoms with E-state index >= 15 is 0 Å². The Labute approximate surface area is 163 Å². The van der Waals surface area contributed by atoms with Crippen LogP contribution in [-0.4, -0.2) is 23.0 Å². The zero-order valence-corrected chi connectivity index (χ0v) is 15.2. The van der Waals surface area contributed by atoms with E-state index in [0.717, 1.165) is 17.2 Å². The second-order valence-corrected chi connectivity index (χ2v) is 6.59. The zero-order chi connectivity index (χ0) is 20.1. The number of hydrogen-bond donors (Lipinski definition) is 0. The maximum absolute atomic E-state index is 13.3. The summed E-state index contributed by atoms with van der Waals surface area (Å²) in [5, 5.41) is 0.786. The van der Waals surface area contributed by atoms with Crippen molar-refractivity contribution in [3.63, 3.8) is 0 Å². The molecule has 0 N–H and O–H groups in total. The first-order valence-corrected chi connectivity index (χ1v) is 8.66. The van der Waals surface area contributed by atoms with Crippen molar-refractivity contribution in [2.45, 2.75) is 12.3 Å². The van der Waals surface area contributed by atoms with Crippen LogP contribution in [0.5, 0.6) is 0 Å². The maximum atomic E-state index is 13.3. The highest BCUT2D eigenvalue weighted by atomic mass is 19.1. The monoisotopic (exact) mass is 377 g/mol. The van der Waals surface area contributed by atoms with Crippen LogP contribution < -0.4 is 0 Å². The van der Waals surface area contributed by atoms with E-state index in [4.69, 9.17) is 0 Å². The van der Waals surface area contributed by atoms with Crippen LogP contribution in [0, 0.1) is 5.82 Å². The topological polar surface area (TPSA) is 56.1 Å². The van der Waals surface area contributed by atoms with E-state index in [0.29, 0.717) is 17.6 Å². The number of fused-ring (bicyclic) bond motifs is 1. The van der Waals surface area contributed by atoms with E-state index < -0.39 is 5.41 Å². The number of carbonyl (C=O) groups is 3. The van der Waals surface area contributed by atoms with Crippen LogP contribution in [0.2, 0.25) is 0 Å². The normalized spacial score (nSPS) is 14.4. The molecule has 3 aromatic rings. The molecule has 142 valence electrons. The van der Waals surface area contributed by atoms with Crippen molar-refractivity contribution in [2.24, 2.45) is 0 Å². The smallest absolute Gasteiger partial charge is 0.218 e. The molecule has 0 bridgehead atoms. The van der Waals surface area contributed by atoms with Gasteiger partial charge in [0.15, 0.2) is 5.78 Å². The van der Waals surface area contributed by atoms with Crippen LogP contribution >= 0.6 is 0 Å². The molecule has 5 heteroatoms. The van der Waals surface area contributed by atoms with Crippen molar-refractivity contribution in [3.8, 4) is 0 Å². The van der Waals surface area contributed by atoms with Gasteiger partial charge in [0, 0.05) is 23.5 Å². The summed E-state index contributed by atoms with van der Waals surface area (Å²) < 4.78 is 14.8. The molecule has 0 spiro atoms. The van der Waals surface area contributed by atoms with Gasteiger partial charge >= 0.3 is 0 Å². The molecule has 0 saturated heterocycles. The van der Waals surface area contributed by atoms with Crippen molar-refractivity contribution in [3.05, 3.63) is 96.0 Å². The third-order valence-electron chi connectivity index (χ3n) is 4.58. The Kier molecular flexibility index (Phi) is 5.45. The molecule has 0 saturated carbocycles. The lowest BCUT2D eigenvalue weighted by atomic mass is 9.82. The van der Waals surface area contributed by atoms with Crippen molar-refractivity contribution >= 4 is 29.4 Å². The van der Waals surface area contributed by atoms with Crippen molar-refractivity contribution < 1.29 is 20.2 Å². The van der Waals surface area contributed by atoms with E-state index in [1.54, 1.807) is 30.4 Å². The molecule has 1 aromatic heterocycles. The molecule has 1 aliphatic carbocycles. The average molecular weight is 377 g/mol. The number of rotatable bonds is 3. The van der Waals surface area contributed by atoms with Gasteiger partial charge < -0.3 is 0 Å². The van der Waals surface area contributed by atoms with E-state index in [1.165, 1.54) is 28.9 Å². The number of hydrogen-bond acceptors (Lipinski definition) is 3. The fourth-order valence-corrected chi connectivity index (χ4v) is 3.05. The molecule has 0 atom stereocenters. The minimum absolute atomic E-state index is 0. The second kappa shape index (κ2) is 7.96. The van der Waals surface area contributed by atoms with Crippen LogP contribution in [0.1, 0.15) is 24.4 Å². The first-order valence-electron chi connectivity index (χ1n) is 8.66. The Balaban J connectivity index is 0.000000283. The van der Waals surface area contributed by atoms with Crippen LogP contribution in [0.4, 0.5) is 4.39 Å². The molecule has 4 rings (SSSR count). The number of allylic oxidation sites excluding steroid dienone is 4. The fraction of sp³-hybridized carbons (Fsp3) is 0.0870. The highest BCUT2D eigenvalue weighted by Crippen LogP contribution is 2.33. The molecule has 28 heavy (non-hydrogen) atoms. The molecule has 0 unspecified atom stereocenters. The molecule has 2 aromatic carbocycles. The molecule has 1 aliphatic rings. The Morgan fingerprint density at radius 3 is 2.25 bits per heavy atom. The Bertz CT molecular complexity index is 1080. The summed E-state index contributed by atoms with van der Waals surface area (Å²) in [5.41, 5.74) is 1.39. The van der Waals surface area contributed by atoms with Crippen molar-refractivity contribution in [1.29, 1.82) is 0 Å². The van der Waals surface area contributed by atoms with Crippen LogP contribution in [0.15, 0.2) is 78.9 Å². The SMILES string of the molecule is CC1(c2cc3ccc(F)cc3n2C=O)C=CC(=O)C=C1.O=Cc1ccccc1.[HH]. The number of benzene rings is 2. The molecule has 4 nitrogen and oxygen atoms in total. The molecule has 0 fully saturated rings. The van der Waals surface area contributed by atoms with Crippen molar-refractivity contribution in [2.75, 3.05) is 0 Å². The number of aromatic nitrogens is 1. The highest BCUT2D eigenvalue weighted by Gasteiger charge is 2.28. The van der Waals surface area contributed by atoms with E-state index in [1.807, 2.05) is 31.2 Å². The van der Waals surface area contributed by atoms with Gasteiger partial charge in [-0.25, -0.2) is 4.39 Å². The fourth-order valence-electron chi connectivity index (χ4n) is 3.05. The molecular weight excluding hydrogens is 357 g/mol. The first kappa shape index (κ1) is 19.2. The summed E-state index contributed by atoms with van der Waals surface area (Å²) >= 11 is 0. The average Bonchev–Trinajstić information content (AvgIpc) is 3.10. The van der Waals surface area contributed by atoms with Gasteiger partial charge in [-0.1, -0.05) is 42.5 Å². The minimum Gasteiger partial charge on any atom is -0.298 e. The maximum Gasteiger partial charge on any atom is 0.218 e. The number of ketones is 1. The summed E-state index contributed by atoms with van der Waals surface area (Å²) in [6, 6.07) is 15.3. The van der Waals surface area contributed by atoms with Gasteiger partial charge in [-0.2, -0.15) is 0 Å². The zero-order valence-electron chi connectivity index (χ0n) is 15.2. The van der Waals surface area contributed by atoms with Crippen LogP contribution in [0.25, 0.3) is 10.9 Å². The summed E-state index contributed by atoms with van der Waals surface area (Å²) in [5.74, 6) is -0.470. The van der Waals surface area contributed by atoms with Gasteiger partial charge in [-0.3, -0.25) is 19.0 Å². The lowest BCUT2D eigenvalue weighted by molar-refractivity contribution is -0.110. The van der Waals surface area contributed by atoms with E-state index in [2.05, 4.69) is 0 Å². The Hall–Kier alpha value is -3.60. The summed E-state index contributed by atoms with van der Waals surface area (Å²) in [7, 11) is 0. The first-order chi connectivity index (χ1) is 13.5. The van der Waals surface area contributed by atoms with Gasteiger partial charge in [-0.05, 0) is 43.3 Å². The lowest BCUT2D eigenvalue weighted by Crippen LogP contribution is -2.23. The standard InChI is InChI=1S/C16H12FNO2.C7H6O.H2/c1-16(6-4-13(20)5-7-16)15-8-11-2-3-12(17)9-14(11)18(15)10-19;8-6-7-4-2-1-3-5-7;/h2-10H,1H3;1-6H;1H. The minimum atomic E-state index is -0.565. The van der Waals surface area contributed by atoms with Gasteiger partial charge in [0.1, 0.15) is 12.1 Å². The Morgan fingerprint density at radius 2 is 1.68 bits per heavy atom. The predicted octanol–water partition coefficient (Wildman–Crippen LogP) is 4.52. The van der Waals surface area contributed by atoms with Gasteiger partial charge in [0.2, 0.25) is 6.41 Å². The Morgan fingerprint density at radius 1 is 1.00 bits per heavy atom. The van der Waals surface area contributed by atoms with Crippen LogP contribution in [-0.2, 0) is 15.0 Å². The summed E-state index contributed by atoms with van der Waals surface area (Å²) in [6.45, 7) is 1.90. The van der Waals surface area contributed by atoms with Gasteiger partial charge in [0.05, 0.1) is 5.52 Å². The van der Waals surface area contributed by atoms with Crippen molar-refractivity contribution in [1.82, 2.24) is 4.57 Å². The van der Waals surface area contributed by atoms with Crippen LogP contribution in [0.3, 0.4) is 0 Å². The number of aldehydes is 1. The third-order valence-corrected chi connectivity index (χ3v) is 4.58. The lowest BCUT2D eigenvalue weighted by Gasteiger charge is -2.24. The molecule has 0 amide bonds. The molecule has 0 aliphatic heterocycles. The third kappa shape index (κ3) is 3.88. The number of halogens is 1. The molecular formula is C23H20FNO3. The molecule has 0 radical (unpaired) electrons. The number of nitrogens with zero attached hydrogens (tertiary/aromatic N) is 1. The quantitative estimate of drug-likeness (QED) is 0.631. The summed E-state index contributed by atoms with van der Waals surface area (Å²) in [6.07, 6.45) is 7.96. The van der Waals surface area contributed by atoms with E-state index in [-0.39, 0.29) is 13.0 Å². The highest BCUT2D eigenvalue weighted by molar-refractivity contribution is 6.01. The number of carbonyl (C=O) groups excluding carboxylic acids is 3. The van der Waals surface area contributed by atoms with E-state index in [9.17, 15) is 18.8 Å². The van der Waals surface area contributed by atoms with Gasteiger partial charge in [-0.15, -0.1) is 0 Å². The summed E-state index contributed by atoms with van der Waals surface area (Å²) in [4.78, 5) is 32.6. The second-order valence-electron chi connectivity index (χ2n) is 6.59.